The Morgan fingerprint density at radius 2 is 0.705 bits per heavy atom. The number of alkyl carbamates (subject to hydrolysis) is 6. The number of carboxylic acids is 1. The maximum atomic E-state index is 12.3. The van der Waals surface area contributed by atoms with Crippen LogP contribution in [0.25, 0.3) is 11.2 Å². The average molecular weight is 1880 g/mol. The molecular formula is C88H161N22O22+. The van der Waals surface area contributed by atoms with Crippen molar-refractivity contribution in [3.8, 4) is 0 Å². The van der Waals surface area contributed by atoms with Crippen molar-refractivity contribution in [1.82, 2.24) is 67.6 Å². The molecule has 0 aromatic carbocycles. The SMILES string of the molecule is CCC(=O)O.CCCC(=O)[C@@H](N)CCCN=C(NC(=O)OC(C)(C)C)NC(=O)OC(C)(C)C.CCCC(=O)[C@H](CCCN=C(N)N)NC(=O)CC.CCCC(=O)[C@H](CCCN=C(NC(=O)OC(C)(C)C)NC(=O)OC(C)(C)C)NC(=O)CC.CCCC(=O)[C@H](CCCN=C(NC(=O)OC(C)(C)C)NC(=O)OC(C)(C)C)NC(=O)CC.CN(C)C(n1n[n+]([O-])c2ncccc21)=[N+](C)C. The number of ketones is 4. The molecule has 754 valence electrons. The number of carbonyl (C=O) groups is 14. The van der Waals surface area contributed by atoms with Gasteiger partial charge in [0.1, 0.15) is 45.6 Å². The summed E-state index contributed by atoms with van der Waals surface area (Å²) in [4.78, 5) is 187. The van der Waals surface area contributed by atoms with E-state index < -0.39 is 100 Å². The molecule has 0 bridgehead atoms. The maximum absolute atomic E-state index is 12.3. The molecule has 0 unspecified atom stereocenters. The van der Waals surface area contributed by atoms with Crippen molar-refractivity contribution in [1.29, 1.82) is 0 Å². The second-order valence-electron chi connectivity index (χ2n) is 36.1. The van der Waals surface area contributed by atoms with Crippen LogP contribution in [0.15, 0.2) is 38.3 Å². The molecule has 0 spiro atoms. The Kier molecular flexibility index (Phi) is 63.0. The van der Waals surface area contributed by atoms with E-state index in [2.05, 4.69) is 78.0 Å². The molecule has 44 heteroatoms. The number of rotatable bonds is 35. The Hall–Kier alpha value is -11.8. The lowest BCUT2D eigenvalue weighted by molar-refractivity contribution is -0.647. The summed E-state index contributed by atoms with van der Waals surface area (Å²) in [6.45, 7) is 46.4. The van der Waals surface area contributed by atoms with E-state index in [1.165, 1.54) is 0 Å². The highest BCUT2D eigenvalue weighted by molar-refractivity contribution is 6.03. The number of hydrogen-bond donors (Lipinski definition) is 13. The number of hydrogen-bond acceptors (Lipinski definition) is 28. The normalized spacial score (nSPS) is 11.8. The van der Waals surface area contributed by atoms with Gasteiger partial charge in [0.05, 0.1) is 52.4 Å². The van der Waals surface area contributed by atoms with Crippen molar-refractivity contribution < 1.29 is 110 Å². The number of pyridine rings is 1. The summed E-state index contributed by atoms with van der Waals surface area (Å²) >= 11 is 0. The molecule has 44 nitrogen and oxygen atoms in total. The fourth-order valence-electron chi connectivity index (χ4n) is 10.2. The Balaban J connectivity index is -0.000000779. The molecular weight excluding hydrogens is 1720 g/mol. The van der Waals surface area contributed by atoms with Gasteiger partial charge in [-0.05, 0) is 214 Å². The minimum Gasteiger partial charge on any atom is -0.721 e. The number of carbonyl (C=O) groups excluding carboxylic acids is 13. The fraction of sp³-hybridized carbons (Fsp3) is 0.727. The summed E-state index contributed by atoms with van der Waals surface area (Å²) in [7, 11) is 7.59. The minimum absolute atomic E-state index is 0.0189. The third-order valence-corrected chi connectivity index (χ3v) is 15.6. The summed E-state index contributed by atoms with van der Waals surface area (Å²) in [5, 5.41) is 45.9. The van der Waals surface area contributed by atoms with Crippen LogP contribution in [0.4, 0.5) is 28.8 Å². The number of aliphatic carboxylic acids is 1. The van der Waals surface area contributed by atoms with Crippen molar-refractivity contribution in [3.63, 3.8) is 0 Å². The Morgan fingerprint density at radius 3 is 0.932 bits per heavy atom. The van der Waals surface area contributed by atoms with Crippen LogP contribution in [0.2, 0.25) is 0 Å². The molecule has 9 amide bonds. The van der Waals surface area contributed by atoms with Crippen LogP contribution in [-0.4, -0.2) is 255 Å². The highest BCUT2D eigenvalue weighted by Crippen LogP contribution is 2.15. The third-order valence-electron chi connectivity index (χ3n) is 15.6. The van der Waals surface area contributed by atoms with Gasteiger partial charge in [-0.2, -0.15) is 0 Å². The first-order valence-corrected chi connectivity index (χ1v) is 44.7. The second-order valence-corrected chi connectivity index (χ2v) is 36.1. The number of aliphatic imine (C=N–C) groups is 4. The first-order chi connectivity index (χ1) is 60.9. The van der Waals surface area contributed by atoms with E-state index in [9.17, 15) is 72.3 Å². The lowest BCUT2D eigenvalue weighted by atomic mass is 10.0. The molecule has 2 heterocycles. The largest absolute Gasteiger partial charge is 0.721 e. The zero-order valence-electron chi connectivity index (χ0n) is 84.2. The summed E-state index contributed by atoms with van der Waals surface area (Å²) in [5.74, 6) is -0.701. The van der Waals surface area contributed by atoms with Crippen LogP contribution in [0.5, 0.6) is 0 Å². The van der Waals surface area contributed by atoms with Gasteiger partial charge in [0.15, 0.2) is 23.3 Å². The van der Waals surface area contributed by atoms with Crippen molar-refractivity contribution in [2.75, 3.05) is 54.4 Å². The van der Waals surface area contributed by atoms with Gasteiger partial charge >= 0.3 is 54.1 Å². The first-order valence-electron chi connectivity index (χ1n) is 44.7. The Morgan fingerprint density at radius 1 is 0.447 bits per heavy atom. The number of carboxylic acid groups (broad SMARTS) is 1. The summed E-state index contributed by atoms with van der Waals surface area (Å²) in [6, 6.07) is 1.49. The third kappa shape index (κ3) is 69.2. The van der Waals surface area contributed by atoms with E-state index in [0.29, 0.717) is 119 Å². The molecule has 0 saturated heterocycles. The van der Waals surface area contributed by atoms with E-state index in [4.69, 9.17) is 50.7 Å². The van der Waals surface area contributed by atoms with Gasteiger partial charge in [-0.25, -0.2) is 28.8 Å². The highest BCUT2D eigenvalue weighted by atomic mass is 16.6. The number of Topliss-reactive ketones (excluding diaryl/α,β-unsaturated/α-hetero) is 4. The number of nitrogens with one attached hydrogen (secondary N) is 9. The van der Waals surface area contributed by atoms with E-state index in [0.717, 1.165) is 18.8 Å². The van der Waals surface area contributed by atoms with E-state index >= 15 is 0 Å². The Labute approximate surface area is 780 Å². The van der Waals surface area contributed by atoms with E-state index in [-0.39, 0.29) is 104 Å². The number of nitrogens with two attached hydrogens (primary N) is 3. The van der Waals surface area contributed by atoms with Crippen LogP contribution in [0.3, 0.4) is 0 Å². The van der Waals surface area contributed by atoms with Gasteiger partial charge in [-0.3, -0.25) is 99.7 Å². The van der Waals surface area contributed by atoms with Crippen LogP contribution >= 0.6 is 0 Å². The molecule has 132 heavy (non-hydrogen) atoms. The number of nitrogens with zero attached hydrogens (tertiary/aromatic N) is 10. The van der Waals surface area contributed by atoms with Crippen LogP contribution in [-0.2, 0) is 66.8 Å². The molecule has 2 aromatic heterocycles. The zero-order chi connectivity index (χ0) is 103. The van der Waals surface area contributed by atoms with Gasteiger partial charge in [0.2, 0.25) is 41.1 Å². The molecule has 0 aliphatic heterocycles. The zero-order valence-corrected chi connectivity index (χ0v) is 84.2. The molecule has 0 aliphatic rings. The molecule has 0 aliphatic carbocycles. The van der Waals surface area contributed by atoms with Crippen molar-refractivity contribution in [2.24, 2.45) is 37.2 Å². The van der Waals surface area contributed by atoms with Crippen molar-refractivity contribution in [2.45, 2.75) is 366 Å². The van der Waals surface area contributed by atoms with E-state index in [1.807, 2.05) is 71.4 Å². The topological polar surface area (TPSA) is 614 Å². The molecule has 0 fully saturated rings. The van der Waals surface area contributed by atoms with Gasteiger partial charge in [-0.1, -0.05) is 60.1 Å². The summed E-state index contributed by atoms with van der Waals surface area (Å²) < 4.78 is 34.6. The second kappa shape index (κ2) is 65.7. The quantitative estimate of drug-likeness (QED) is 0.00762. The van der Waals surface area contributed by atoms with Gasteiger partial charge in [0, 0.05) is 82.8 Å². The number of aromatic nitrogens is 4. The summed E-state index contributed by atoms with van der Waals surface area (Å²) in [6.07, 6.45) is 6.65. The minimum atomic E-state index is -0.779. The first kappa shape index (κ1) is 127. The standard InChI is InChI=1S/2C22H40N4O6.C19H36N4O5.C12H24N4O2.C10H15N6O.C3H6O2/c2*1-9-12-16(27)15(24-17(28)10-2)13-11-14-23-18(25-19(29)31-21(3,4)5)26-20(30)32-22(6,7)8;1-8-10-14(24)13(20)11-9-12-21-15(22-16(25)27-18(2,3)4)23-17(26)28-19(5,6)7;1-3-6-10(17)9(16-11(18)4-2)7-5-8-15-12(13)14;1-13(2)10(14(3)4)15-8-6-5-7-11-9(8)16(17)12-15;1-2-3(4)5/h2*15H,9-14H2,1-8H3,(H,24,28)(H2,23,25,26,29,30);13H,8-12,20H2,1-7H3,(H2,21,22,23,25,26);9H,3-8H2,1-2H3,(H,16,18)(H4,13,14,15);5-7H,1-4H3;2H2,1H3,(H,4,5)/q;;;;+1;/t2*15-;13-;9-;;/m0000../s1. The lowest BCUT2D eigenvalue weighted by Gasteiger charge is -2.22. The average Bonchev–Trinajstić information content (AvgIpc) is 1.64. The van der Waals surface area contributed by atoms with Gasteiger partial charge < -0.3 is 71.9 Å². The Bertz CT molecular complexity index is 3860. The van der Waals surface area contributed by atoms with Gasteiger partial charge in [-0.15, -0.1) is 9.83 Å². The number of fused-ring (bicyclic) bond motifs is 1. The van der Waals surface area contributed by atoms with E-state index in [1.54, 1.807) is 169 Å². The molecule has 2 rings (SSSR count). The molecule has 16 N–H and O–H groups in total. The molecule has 0 saturated carbocycles. The van der Waals surface area contributed by atoms with Gasteiger partial charge in [0.25, 0.3) is 0 Å². The van der Waals surface area contributed by atoms with Crippen molar-refractivity contribution >= 4 is 124 Å². The number of guanidine groups is 4. The van der Waals surface area contributed by atoms with Crippen LogP contribution in [0, 0.1) is 5.21 Å². The lowest BCUT2D eigenvalue weighted by Crippen LogP contribution is -2.47. The number of ether oxygens (including phenoxy) is 6. The highest BCUT2D eigenvalue weighted by Gasteiger charge is 2.29. The van der Waals surface area contributed by atoms with Crippen molar-refractivity contribution in [3.05, 3.63) is 23.5 Å². The predicted molar refractivity (Wildman–Crippen MR) is 506 cm³/mol. The summed E-state index contributed by atoms with van der Waals surface area (Å²) in [5.41, 5.74) is 12.9. The smallest absolute Gasteiger partial charge is 0.414 e. The molecule has 0 radical (unpaired) electrons. The monoisotopic (exact) mass is 1880 g/mol. The van der Waals surface area contributed by atoms with Crippen LogP contribution < -0.4 is 69.9 Å². The predicted octanol–water partition coefficient (Wildman–Crippen LogP) is 9.63. The van der Waals surface area contributed by atoms with Crippen LogP contribution in [0.1, 0.15) is 308 Å². The fourth-order valence-corrected chi connectivity index (χ4v) is 10.2. The molecule has 4 atom stereocenters. The molecule has 2 aromatic rings. The maximum Gasteiger partial charge on any atom is 0.414 e. The number of amides is 9.